The van der Waals surface area contributed by atoms with Gasteiger partial charge in [-0.15, -0.1) is 0 Å². The maximum absolute atomic E-state index is 14.3. The van der Waals surface area contributed by atoms with Crippen molar-refractivity contribution in [1.29, 1.82) is 0 Å². The third-order valence-electron chi connectivity index (χ3n) is 7.44. The molecule has 4 aromatic carbocycles. The SMILES string of the molecule is CCOC(=O)C1=C(c2ccccc2)N=c2s/c(=C\c3cccc(OC)c3OCc3ccc(Cl)c(Cl)c3)c(=O)n2[C@H]1c1ccc(F)cc1. The van der Waals surface area contributed by atoms with E-state index in [1.54, 1.807) is 49.4 Å². The molecule has 6 rings (SSSR count). The first-order chi connectivity index (χ1) is 22.8. The largest absolute Gasteiger partial charge is 0.493 e. The first kappa shape index (κ1) is 32.2. The van der Waals surface area contributed by atoms with Gasteiger partial charge in [-0.05, 0) is 54.5 Å². The zero-order valence-corrected chi connectivity index (χ0v) is 27.5. The van der Waals surface area contributed by atoms with Crippen LogP contribution in [0.4, 0.5) is 4.39 Å². The van der Waals surface area contributed by atoms with Crippen molar-refractivity contribution in [3.8, 4) is 11.5 Å². The molecule has 2 heterocycles. The van der Waals surface area contributed by atoms with Crippen LogP contribution in [-0.4, -0.2) is 24.3 Å². The molecule has 0 aliphatic carbocycles. The monoisotopic (exact) mass is 688 g/mol. The Bertz CT molecular complexity index is 2180. The van der Waals surface area contributed by atoms with E-state index in [2.05, 4.69) is 0 Å². The van der Waals surface area contributed by atoms with Gasteiger partial charge in [0.05, 0.1) is 45.6 Å². The molecule has 0 unspecified atom stereocenters. The highest BCUT2D eigenvalue weighted by Crippen LogP contribution is 2.36. The molecule has 7 nitrogen and oxygen atoms in total. The van der Waals surface area contributed by atoms with Crippen molar-refractivity contribution in [3.63, 3.8) is 0 Å². The standard InChI is InChI=1S/C36H27Cl2FN2O5S/c1-3-45-35(43)30-31(22-8-5-4-6-9-22)40-36-41(32(30)23-13-15-25(39)16-14-23)34(42)29(47-36)19-24-10-7-11-28(44-2)33(24)46-20-21-12-17-26(37)27(38)18-21/h4-19,32H,3,20H2,1-2H3/b29-19-/t32-/m0/s1. The fourth-order valence-corrected chi connectivity index (χ4v) is 6.60. The number of hydrogen-bond acceptors (Lipinski definition) is 7. The molecule has 1 aliphatic heterocycles. The lowest BCUT2D eigenvalue weighted by atomic mass is 9.93. The van der Waals surface area contributed by atoms with Crippen molar-refractivity contribution in [1.82, 2.24) is 4.57 Å². The van der Waals surface area contributed by atoms with E-state index >= 15 is 0 Å². The van der Waals surface area contributed by atoms with Crippen molar-refractivity contribution >= 4 is 52.3 Å². The number of ether oxygens (including phenoxy) is 3. The number of methoxy groups -OCH3 is 1. The fraction of sp³-hybridized carbons (Fsp3) is 0.139. The number of carbonyl (C=O) groups is 1. The van der Waals surface area contributed by atoms with Crippen LogP contribution in [-0.2, 0) is 16.1 Å². The minimum Gasteiger partial charge on any atom is -0.493 e. The average molecular weight is 690 g/mol. The Kier molecular flexibility index (Phi) is 9.58. The third kappa shape index (κ3) is 6.60. The molecule has 0 saturated carbocycles. The Morgan fingerprint density at radius 2 is 1.77 bits per heavy atom. The molecule has 0 amide bonds. The maximum Gasteiger partial charge on any atom is 0.338 e. The highest BCUT2D eigenvalue weighted by Gasteiger charge is 2.35. The summed E-state index contributed by atoms with van der Waals surface area (Å²) < 4.78 is 33.2. The molecule has 0 bridgehead atoms. The first-order valence-corrected chi connectivity index (χ1v) is 16.1. The zero-order chi connectivity index (χ0) is 33.1. The van der Waals surface area contributed by atoms with Gasteiger partial charge in [0.25, 0.3) is 5.56 Å². The first-order valence-electron chi connectivity index (χ1n) is 14.6. The van der Waals surface area contributed by atoms with Crippen LogP contribution in [0.3, 0.4) is 0 Å². The maximum atomic E-state index is 14.3. The van der Waals surface area contributed by atoms with Gasteiger partial charge >= 0.3 is 5.97 Å². The van der Waals surface area contributed by atoms with E-state index in [9.17, 15) is 14.0 Å². The molecule has 1 aliphatic rings. The Labute approximate surface area is 283 Å². The van der Waals surface area contributed by atoms with Crippen LogP contribution in [0, 0.1) is 5.82 Å². The quantitative estimate of drug-likeness (QED) is 0.156. The molecule has 1 aromatic heterocycles. The number of carbonyl (C=O) groups excluding carboxylic acids is 1. The predicted molar refractivity (Wildman–Crippen MR) is 181 cm³/mol. The molecule has 0 saturated heterocycles. The number of thiazole rings is 1. The molecule has 0 fully saturated rings. The molecule has 0 N–H and O–H groups in total. The van der Waals surface area contributed by atoms with E-state index in [4.69, 9.17) is 42.4 Å². The van der Waals surface area contributed by atoms with Crippen molar-refractivity contribution in [3.05, 3.63) is 154 Å². The Hall–Kier alpha value is -4.70. The van der Waals surface area contributed by atoms with Gasteiger partial charge in [-0.2, -0.15) is 0 Å². The summed E-state index contributed by atoms with van der Waals surface area (Å²) in [5.74, 6) is -0.187. The second-order valence-corrected chi connectivity index (χ2v) is 12.2. The molecule has 0 radical (unpaired) electrons. The number of para-hydroxylation sites is 1. The number of nitrogens with zero attached hydrogens (tertiary/aromatic N) is 2. The zero-order valence-electron chi connectivity index (χ0n) is 25.2. The van der Waals surface area contributed by atoms with Crippen LogP contribution < -0.4 is 24.4 Å². The highest BCUT2D eigenvalue weighted by molar-refractivity contribution is 7.07. The van der Waals surface area contributed by atoms with Crippen molar-refractivity contribution in [2.24, 2.45) is 4.99 Å². The summed E-state index contributed by atoms with van der Waals surface area (Å²) in [4.78, 5) is 33.1. The Morgan fingerprint density at radius 1 is 1.00 bits per heavy atom. The van der Waals surface area contributed by atoms with Crippen LogP contribution in [0.2, 0.25) is 10.0 Å². The molecular weight excluding hydrogens is 662 g/mol. The van der Waals surface area contributed by atoms with E-state index in [1.807, 2.05) is 42.5 Å². The minimum absolute atomic E-state index is 0.117. The summed E-state index contributed by atoms with van der Waals surface area (Å²) in [5, 5.41) is 0.839. The lowest BCUT2D eigenvalue weighted by molar-refractivity contribution is -0.138. The van der Waals surface area contributed by atoms with Gasteiger partial charge in [-0.3, -0.25) is 9.36 Å². The molecule has 47 heavy (non-hydrogen) atoms. The van der Waals surface area contributed by atoms with Crippen molar-refractivity contribution in [2.45, 2.75) is 19.6 Å². The summed E-state index contributed by atoms with van der Waals surface area (Å²) in [6.07, 6.45) is 1.70. The summed E-state index contributed by atoms with van der Waals surface area (Å²) in [6, 6.07) is 24.6. The number of aromatic nitrogens is 1. The Morgan fingerprint density at radius 3 is 2.47 bits per heavy atom. The van der Waals surface area contributed by atoms with E-state index in [1.165, 1.54) is 23.8 Å². The highest BCUT2D eigenvalue weighted by atomic mass is 35.5. The summed E-state index contributed by atoms with van der Waals surface area (Å²) in [6.45, 7) is 1.98. The van der Waals surface area contributed by atoms with E-state index in [0.717, 1.165) is 16.9 Å². The molecule has 1 atom stereocenters. The number of rotatable bonds is 9. The number of esters is 1. The van der Waals surface area contributed by atoms with Gasteiger partial charge in [0.2, 0.25) is 0 Å². The van der Waals surface area contributed by atoms with Crippen LogP contribution in [0.15, 0.2) is 106 Å². The second kappa shape index (κ2) is 14.0. The predicted octanol–water partition coefficient (Wildman–Crippen LogP) is 6.97. The second-order valence-electron chi connectivity index (χ2n) is 10.4. The van der Waals surface area contributed by atoms with Crippen LogP contribution >= 0.6 is 34.5 Å². The van der Waals surface area contributed by atoms with Gasteiger partial charge in [-0.1, -0.05) is 95.2 Å². The molecule has 11 heteroatoms. The molecular formula is C36H27Cl2FN2O5S. The van der Waals surface area contributed by atoms with Gasteiger partial charge in [0.1, 0.15) is 12.4 Å². The van der Waals surface area contributed by atoms with Gasteiger partial charge in [0, 0.05) is 11.1 Å². The van der Waals surface area contributed by atoms with Gasteiger partial charge < -0.3 is 14.2 Å². The number of fused-ring (bicyclic) bond motifs is 1. The van der Waals surface area contributed by atoms with Crippen LogP contribution in [0.5, 0.6) is 11.5 Å². The third-order valence-corrected chi connectivity index (χ3v) is 9.16. The molecule has 5 aromatic rings. The lowest BCUT2D eigenvalue weighted by Gasteiger charge is -2.25. The molecule has 238 valence electrons. The summed E-state index contributed by atoms with van der Waals surface area (Å²) in [5.41, 5.74) is 2.73. The minimum atomic E-state index is -0.932. The number of benzene rings is 4. The van der Waals surface area contributed by atoms with Crippen LogP contribution in [0.1, 0.15) is 35.2 Å². The summed E-state index contributed by atoms with van der Waals surface area (Å²) >= 11 is 13.4. The topological polar surface area (TPSA) is 79.1 Å². The van der Waals surface area contributed by atoms with Crippen molar-refractivity contribution < 1.29 is 23.4 Å². The average Bonchev–Trinajstić information content (AvgIpc) is 3.39. The Balaban J connectivity index is 1.54. The fourth-order valence-electron chi connectivity index (χ4n) is 5.29. The number of hydrogen-bond donors (Lipinski definition) is 0. The smallest absolute Gasteiger partial charge is 0.338 e. The van der Waals surface area contributed by atoms with Crippen LogP contribution in [0.25, 0.3) is 11.8 Å². The van der Waals surface area contributed by atoms with E-state index < -0.39 is 23.4 Å². The normalized spacial score (nSPS) is 14.4. The van der Waals surface area contributed by atoms with Gasteiger partial charge in [-0.25, -0.2) is 14.2 Å². The van der Waals surface area contributed by atoms with E-state index in [0.29, 0.717) is 53.3 Å². The van der Waals surface area contributed by atoms with Crippen molar-refractivity contribution in [2.75, 3.05) is 13.7 Å². The number of halogens is 3. The summed E-state index contributed by atoms with van der Waals surface area (Å²) in [7, 11) is 1.53. The van der Waals surface area contributed by atoms with Gasteiger partial charge in [0.15, 0.2) is 16.3 Å². The lowest BCUT2D eigenvalue weighted by Crippen LogP contribution is -2.40. The molecule has 0 spiro atoms. The van der Waals surface area contributed by atoms with E-state index in [-0.39, 0.29) is 18.8 Å².